The molecule has 5 rings (SSSR count). The fraction of sp³-hybridized carbons (Fsp3) is 0.300. The molecular weight excluding hydrogens is 491 g/mol. The number of allylic oxidation sites excluding steroid dienone is 5. The van der Waals surface area contributed by atoms with Gasteiger partial charge in [0.05, 0.1) is 10.7 Å². The molecule has 2 heterocycles. The van der Waals surface area contributed by atoms with Crippen molar-refractivity contribution in [1.82, 2.24) is 5.01 Å². The van der Waals surface area contributed by atoms with Crippen LogP contribution in [0.4, 0.5) is 5.69 Å². The Hall–Kier alpha value is -2.95. The SMILES string of the molecule is CC(C)(C)C1=CC(=C(c2cc3ccccc3o2)N2CN2c2cc(Cl)ccc2Cl)C=C(C(C)(C)C)C1=O. The number of Topliss-reactive ketones (excluding diaryl/α,β-unsaturated/α-hetero) is 1. The van der Waals surface area contributed by atoms with E-state index in [-0.39, 0.29) is 16.6 Å². The van der Waals surface area contributed by atoms with E-state index in [9.17, 15) is 4.79 Å². The van der Waals surface area contributed by atoms with E-state index in [1.54, 1.807) is 12.1 Å². The van der Waals surface area contributed by atoms with Crippen molar-refractivity contribution in [1.29, 1.82) is 0 Å². The molecule has 186 valence electrons. The highest BCUT2D eigenvalue weighted by atomic mass is 35.5. The second-order valence-electron chi connectivity index (χ2n) is 11.4. The van der Waals surface area contributed by atoms with Gasteiger partial charge in [-0.25, -0.2) is 0 Å². The van der Waals surface area contributed by atoms with Gasteiger partial charge in [-0.1, -0.05) is 82.9 Å². The average molecular weight is 521 g/mol. The molecule has 0 radical (unpaired) electrons. The predicted molar refractivity (Wildman–Crippen MR) is 149 cm³/mol. The lowest BCUT2D eigenvalue weighted by Crippen LogP contribution is -2.28. The topological polar surface area (TPSA) is 36.2 Å². The summed E-state index contributed by atoms with van der Waals surface area (Å²) in [6.45, 7) is 13.1. The maximum Gasteiger partial charge on any atom is 0.186 e. The van der Waals surface area contributed by atoms with Gasteiger partial charge in [0.25, 0.3) is 0 Å². The van der Waals surface area contributed by atoms with Crippen LogP contribution in [-0.4, -0.2) is 17.5 Å². The highest BCUT2D eigenvalue weighted by Crippen LogP contribution is 2.45. The molecule has 1 aliphatic heterocycles. The van der Waals surface area contributed by atoms with Crippen molar-refractivity contribution in [2.45, 2.75) is 41.5 Å². The number of furan rings is 1. The van der Waals surface area contributed by atoms with Crippen molar-refractivity contribution in [2.75, 3.05) is 11.7 Å². The molecule has 0 amide bonds. The molecule has 3 aromatic rings. The normalized spacial score (nSPS) is 16.4. The smallest absolute Gasteiger partial charge is 0.186 e. The molecule has 4 nitrogen and oxygen atoms in total. The van der Waals surface area contributed by atoms with Crippen molar-refractivity contribution in [3.05, 3.63) is 93.2 Å². The first kappa shape index (κ1) is 24.7. The standard InChI is InChI=1S/C30H30Cl2N2O2/c1-29(2,3)21-13-19(14-22(28(21)35)30(4,5)6)27(26-15-18-9-7-8-10-25(18)36-26)34-17-33(34)24-16-20(31)11-12-23(24)32/h7-16H,17H2,1-6H3. The Labute approximate surface area is 222 Å². The van der Waals surface area contributed by atoms with Crippen molar-refractivity contribution < 1.29 is 9.21 Å². The number of hydrogen-bond acceptors (Lipinski definition) is 4. The van der Waals surface area contributed by atoms with E-state index in [0.29, 0.717) is 16.7 Å². The van der Waals surface area contributed by atoms with E-state index in [1.165, 1.54) is 0 Å². The maximum atomic E-state index is 13.6. The predicted octanol–water partition coefficient (Wildman–Crippen LogP) is 8.67. The second kappa shape index (κ2) is 8.57. The Bertz CT molecular complexity index is 1410. The van der Waals surface area contributed by atoms with Gasteiger partial charge < -0.3 is 4.42 Å². The fourth-order valence-electron chi connectivity index (χ4n) is 4.58. The fourth-order valence-corrected chi connectivity index (χ4v) is 4.96. The Morgan fingerprint density at radius 1 is 0.889 bits per heavy atom. The van der Waals surface area contributed by atoms with Crippen LogP contribution < -0.4 is 5.01 Å². The number of hydrazine groups is 1. The van der Waals surface area contributed by atoms with Crippen molar-refractivity contribution in [3.8, 4) is 0 Å². The van der Waals surface area contributed by atoms with Gasteiger partial charge in [-0.15, -0.1) is 0 Å². The molecule has 1 aromatic heterocycles. The Morgan fingerprint density at radius 3 is 2.14 bits per heavy atom. The van der Waals surface area contributed by atoms with Crippen LogP contribution in [-0.2, 0) is 4.79 Å². The Kier molecular flexibility index (Phi) is 5.89. The lowest BCUT2D eigenvalue weighted by atomic mass is 9.71. The summed E-state index contributed by atoms with van der Waals surface area (Å²) in [5, 5.41) is 6.44. The van der Waals surface area contributed by atoms with Crippen molar-refractivity contribution in [3.63, 3.8) is 0 Å². The molecule has 0 unspecified atom stereocenters. The molecule has 0 spiro atoms. The summed E-state index contributed by atoms with van der Waals surface area (Å²) in [4.78, 5) is 13.6. The zero-order valence-electron chi connectivity index (χ0n) is 21.4. The minimum atomic E-state index is -0.319. The summed E-state index contributed by atoms with van der Waals surface area (Å²) in [5.74, 6) is 0.832. The molecule has 36 heavy (non-hydrogen) atoms. The van der Waals surface area contributed by atoms with Gasteiger partial charge >= 0.3 is 0 Å². The number of para-hydroxylation sites is 1. The third kappa shape index (κ3) is 4.49. The van der Waals surface area contributed by atoms with E-state index in [1.807, 2.05) is 42.5 Å². The van der Waals surface area contributed by atoms with Crippen molar-refractivity contribution >= 4 is 51.3 Å². The van der Waals surface area contributed by atoms with Crippen LogP contribution in [0.1, 0.15) is 47.3 Å². The summed E-state index contributed by atoms with van der Waals surface area (Å²) in [6, 6.07) is 15.5. The minimum absolute atomic E-state index is 0.100. The van der Waals surface area contributed by atoms with E-state index in [4.69, 9.17) is 27.6 Å². The maximum absolute atomic E-state index is 13.6. The monoisotopic (exact) mass is 520 g/mol. The summed E-state index contributed by atoms with van der Waals surface area (Å²) in [5.41, 5.74) is 4.39. The molecule has 1 fully saturated rings. The lowest BCUT2D eigenvalue weighted by molar-refractivity contribution is -0.114. The Morgan fingerprint density at radius 2 is 1.53 bits per heavy atom. The number of ketones is 1. The molecule has 2 aromatic carbocycles. The summed E-state index contributed by atoms with van der Waals surface area (Å²) in [6.07, 6.45) is 4.05. The van der Waals surface area contributed by atoms with Gasteiger partial charge in [0.1, 0.15) is 17.9 Å². The number of rotatable bonds is 3. The zero-order valence-corrected chi connectivity index (χ0v) is 23.0. The largest absolute Gasteiger partial charge is 0.454 e. The van der Waals surface area contributed by atoms with Crippen LogP contribution in [0.15, 0.2) is 81.8 Å². The van der Waals surface area contributed by atoms with Crippen LogP contribution in [0.3, 0.4) is 0 Å². The molecule has 0 saturated carbocycles. The number of carbonyl (C=O) groups is 1. The number of hydrogen-bond donors (Lipinski definition) is 0. The van der Waals surface area contributed by atoms with Crippen molar-refractivity contribution in [2.24, 2.45) is 10.8 Å². The molecule has 0 bridgehead atoms. The number of fused-ring (bicyclic) bond motifs is 1. The van der Waals surface area contributed by atoms with Crippen LogP contribution in [0.5, 0.6) is 0 Å². The van der Waals surface area contributed by atoms with Gasteiger partial charge in [0.15, 0.2) is 11.5 Å². The quantitative estimate of drug-likeness (QED) is 0.323. The highest BCUT2D eigenvalue weighted by molar-refractivity contribution is 6.35. The molecule has 2 aliphatic rings. The molecule has 0 atom stereocenters. The van der Waals surface area contributed by atoms with Gasteiger partial charge in [0, 0.05) is 27.1 Å². The van der Waals surface area contributed by atoms with E-state index < -0.39 is 0 Å². The molecule has 1 aliphatic carbocycles. The van der Waals surface area contributed by atoms with E-state index >= 15 is 0 Å². The summed E-state index contributed by atoms with van der Waals surface area (Å²) >= 11 is 12.8. The first-order chi connectivity index (χ1) is 16.8. The van der Waals surface area contributed by atoms with Crippen LogP contribution in [0.2, 0.25) is 10.0 Å². The number of halogens is 2. The van der Waals surface area contributed by atoms with Gasteiger partial charge in [-0.3, -0.25) is 14.8 Å². The van der Waals surface area contributed by atoms with E-state index in [0.717, 1.165) is 44.8 Å². The van der Waals surface area contributed by atoms with Crippen LogP contribution >= 0.6 is 23.2 Å². The Balaban J connectivity index is 1.75. The van der Waals surface area contributed by atoms with Crippen LogP contribution in [0, 0.1) is 10.8 Å². The van der Waals surface area contributed by atoms with Gasteiger partial charge in [-0.05, 0) is 53.3 Å². The average Bonchev–Trinajstić information content (AvgIpc) is 3.43. The van der Waals surface area contributed by atoms with E-state index in [2.05, 4.69) is 57.6 Å². The van der Waals surface area contributed by atoms with Gasteiger partial charge in [0.2, 0.25) is 0 Å². The molecule has 6 heteroatoms. The number of nitrogens with zero attached hydrogens (tertiary/aromatic N) is 2. The third-order valence-corrected chi connectivity index (χ3v) is 7.11. The molecule has 0 N–H and O–H groups in total. The highest BCUT2D eigenvalue weighted by Gasteiger charge is 2.41. The number of carbonyl (C=O) groups excluding carboxylic acids is 1. The first-order valence-electron chi connectivity index (χ1n) is 12.1. The first-order valence-corrected chi connectivity index (χ1v) is 12.8. The second-order valence-corrected chi connectivity index (χ2v) is 12.3. The molecule has 1 saturated heterocycles. The molecular formula is C30H30Cl2N2O2. The number of benzene rings is 2. The third-order valence-electron chi connectivity index (χ3n) is 6.56. The van der Waals surface area contributed by atoms with Gasteiger partial charge in [-0.2, -0.15) is 0 Å². The zero-order chi connectivity index (χ0) is 26.0. The lowest BCUT2D eigenvalue weighted by Gasteiger charge is -2.32. The van der Waals surface area contributed by atoms with Crippen LogP contribution in [0.25, 0.3) is 16.7 Å². The summed E-state index contributed by atoms with van der Waals surface area (Å²) in [7, 11) is 0. The number of anilines is 1. The minimum Gasteiger partial charge on any atom is -0.454 e. The summed E-state index contributed by atoms with van der Waals surface area (Å²) < 4.78 is 6.36.